The average molecular weight is 366 g/mol. The fourth-order valence-corrected chi connectivity index (χ4v) is 4.88. The number of nitrogens with zero attached hydrogens (tertiary/aromatic N) is 3. The summed E-state index contributed by atoms with van der Waals surface area (Å²) < 4.78 is 5.56. The lowest BCUT2D eigenvalue weighted by Crippen LogP contribution is -2.55. The molecule has 1 N–H and O–H groups in total. The lowest BCUT2D eigenvalue weighted by Gasteiger charge is -2.49. The first-order chi connectivity index (χ1) is 13.2. The minimum atomic E-state index is -0.259. The van der Waals surface area contributed by atoms with E-state index < -0.39 is 0 Å². The smallest absolute Gasteiger partial charge is 0.210 e. The number of nitriles is 1. The van der Waals surface area contributed by atoms with Crippen LogP contribution in [0.1, 0.15) is 36.9 Å². The highest BCUT2D eigenvalue weighted by Gasteiger charge is 2.46. The molecule has 1 aromatic carbocycles. The fourth-order valence-electron chi connectivity index (χ4n) is 4.88. The van der Waals surface area contributed by atoms with Gasteiger partial charge in [0, 0.05) is 37.1 Å². The van der Waals surface area contributed by atoms with Crippen molar-refractivity contribution in [2.45, 2.75) is 37.6 Å². The molecule has 6 heteroatoms. The third-order valence-corrected chi connectivity index (χ3v) is 6.31. The Bertz CT molecular complexity index is 874. The molecule has 27 heavy (non-hydrogen) atoms. The topological polar surface area (TPSA) is 72.4 Å². The number of amides is 1. The van der Waals surface area contributed by atoms with Gasteiger partial charge in [-0.25, -0.2) is 0 Å². The lowest BCUT2D eigenvalue weighted by molar-refractivity contribution is -0.127. The number of likely N-dealkylation sites (tertiary alicyclic amines) is 1. The first-order valence-electron chi connectivity index (χ1n) is 9.73. The van der Waals surface area contributed by atoms with Crippen LogP contribution in [0, 0.1) is 11.3 Å². The van der Waals surface area contributed by atoms with Gasteiger partial charge in [-0.05, 0) is 43.9 Å². The summed E-state index contributed by atoms with van der Waals surface area (Å²) in [6.45, 7) is 3.61. The van der Waals surface area contributed by atoms with E-state index in [0.29, 0.717) is 6.42 Å². The van der Waals surface area contributed by atoms with Gasteiger partial charge in [0.05, 0.1) is 24.2 Å². The second-order valence-electron chi connectivity index (χ2n) is 7.55. The van der Waals surface area contributed by atoms with Gasteiger partial charge in [0.2, 0.25) is 6.41 Å². The highest BCUT2D eigenvalue weighted by atomic mass is 16.5. The number of rotatable bonds is 5. The van der Waals surface area contributed by atoms with Gasteiger partial charge < -0.3 is 19.5 Å². The molecule has 1 amide bonds. The maximum Gasteiger partial charge on any atom is 0.210 e. The van der Waals surface area contributed by atoms with Crippen molar-refractivity contribution in [1.82, 2.24) is 14.8 Å². The molecule has 1 saturated heterocycles. The molecule has 0 saturated carbocycles. The predicted molar refractivity (Wildman–Crippen MR) is 104 cm³/mol. The zero-order chi connectivity index (χ0) is 18.9. The van der Waals surface area contributed by atoms with Crippen molar-refractivity contribution in [2.75, 3.05) is 33.3 Å². The van der Waals surface area contributed by atoms with Crippen molar-refractivity contribution in [3.8, 4) is 11.8 Å². The van der Waals surface area contributed by atoms with Crippen LogP contribution in [0.5, 0.6) is 5.75 Å². The molecule has 3 heterocycles. The number of aromatic amines is 1. The van der Waals surface area contributed by atoms with Crippen molar-refractivity contribution in [3.05, 3.63) is 29.5 Å². The van der Waals surface area contributed by atoms with Gasteiger partial charge in [-0.1, -0.05) is 12.1 Å². The van der Waals surface area contributed by atoms with E-state index in [4.69, 9.17) is 10.00 Å². The van der Waals surface area contributed by atoms with Crippen LogP contribution in [0.4, 0.5) is 0 Å². The van der Waals surface area contributed by atoms with E-state index in [0.717, 1.165) is 69.5 Å². The molecule has 0 radical (unpaired) electrons. The van der Waals surface area contributed by atoms with E-state index in [1.165, 1.54) is 16.6 Å². The number of unbranched alkanes of at least 4 members (excludes halogenated alkanes) is 1. The first-order valence-corrected chi connectivity index (χ1v) is 9.73. The van der Waals surface area contributed by atoms with Crippen LogP contribution < -0.4 is 4.74 Å². The molecule has 1 spiro atoms. The summed E-state index contributed by atoms with van der Waals surface area (Å²) in [6, 6.07) is 8.38. The predicted octanol–water partition coefficient (Wildman–Crippen LogP) is 2.79. The van der Waals surface area contributed by atoms with Crippen LogP contribution in [-0.4, -0.2) is 54.5 Å². The molecule has 0 bridgehead atoms. The molecule has 4 rings (SSSR count). The fraction of sp³-hybridized carbons (Fsp3) is 0.524. The Hall–Kier alpha value is -2.52. The number of hydrogen-bond acceptors (Lipinski definition) is 4. The van der Waals surface area contributed by atoms with Gasteiger partial charge in [0.15, 0.2) is 0 Å². The number of benzene rings is 1. The molecule has 142 valence electrons. The lowest BCUT2D eigenvalue weighted by atomic mass is 9.78. The van der Waals surface area contributed by atoms with Crippen LogP contribution in [0.25, 0.3) is 10.9 Å². The quantitative estimate of drug-likeness (QED) is 0.652. The van der Waals surface area contributed by atoms with E-state index in [1.54, 1.807) is 7.11 Å². The Morgan fingerprint density at radius 2 is 2.15 bits per heavy atom. The third kappa shape index (κ3) is 2.87. The Kier molecular flexibility index (Phi) is 4.79. The number of para-hydroxylation sites is 1. The second kappa shape index (κ2) is 7.24. The van der Waals surface area contributed by atoms with Crippen molar-refractivity contribution in [2.24, 2.45) is 0 Å². The number of hydrogen-bond donors (Lipinski definition) is 1. The highest BCUT2D eigenvalue weighted by Crippen LogP contribution is 2.45. The molecule has 6 nitrogen and oxygen atoms in total. The number of fused-ring (bicyclic) bond motifs is 4. The minimum absolute atomic E-state index is 0.259. The van der Waals surface area contributed by atoms with Crippen molar-refractivity contribution >= 4 is 17.3 Å². The maximum absolute atomic E-state index is 11.9. The summed E-state index contributed by atoms with van der Waals surface area (Å²) in [7, 11) is 1.70. The van der Waals surface area contributed by atoms with Crippen LogP contribution in [-0.2, 0) is 16.8 Å². The monoisotopic (exact) mass is 366 g/mol. The number of carbonyl (C=O) groups is 1. The van der Waals surface area contributed by atoms with Gasteiger partial charge >= 0.3 is 0 Å². The van der Waals surface area contributed by atoms with Gasteiger partial charge in [-0.15, -0.1) is 0 Å². The van der Waals surface area contributed by atoms with Crippen LogP contribution in [0.15, 0.2) is 18.2 Å². The summed E-state index contributed by atoms with van der Waals surface area (Å²) >= 11 is 0. The molecule has 2 aromatic rings. The SMILES string of the molecule is COc1cccc2c3c([nH]c12)C1(CCN(CCCC#N)CC1)N(C=O)CC3. The molecular formula is C21H26N4O2. The van der Waals surface area contributed by atoms with Gasteiger partial charge in [0.25, 0.3) is 0 Å². The van der Waals surface area contributed by atoms with E-state index in [-0.39, 0.29) is 5.54 Å². The Labute approximate surface area is 159 Å². The van der Waals surface area contributed by atoms with E-state index in [1.807, 2.05) is 17.0 Å². The number of carbonyl (C=O) groups excluding carboxylic acids is 1. The Morgan fingerprint density at radius 1 is 1.33 bits per heavy atom. The second-order valence-corrected chi connectivity index (χ2v) is 7.55. The first kappa shape index (κ1) is 17.9. The van der Waals surface area contributed by atoms with E-state index in [9.17, 15) is 4.79 Å². The third-order valence-electron chi connectivity index (χ3n) is 6.31. The van der Waals surface area contributed by atoms with Crippen LogP contribution >= 0.6 is 0 Å². The molecular weight excluding hydrogens is 340 g/mol. The zero-order valence-corrected chi connectivity index (χ0v) is 15.8. The van der Waals surface area contributed by atoms with E-state index in [2.05, 4.69) is 22.0 Å². The Morgan fingerprint density at radius 3 is 2.85 bits per heavy atom. The molecule has 0 unspecified atom stereocenters. The average Bonchev–Trinajstić information content (AvgIpc) is 3.10. The van der Waals surface area contributed by atoms with Crippen molar-refractivity contribution < 1.29 is 9.53 Å². The zero-order valence-electron chi connectivity index (χ0n) is 15.8. The Balaban J connectivity index is 1.69. The standard InChI is InChI=1S/C21H26N4O2/c1-27-18-6-4-5-16-17-7-12-25(15-26)21(20(17)23-19(16)18)8-13-24(14-9-21)11-3-2-10-22/h4-6,15,23H,2-3,7-9,11-14H2,1H3. The summed E-state index contributed by atoms with van der Waals surface area (Å²) in [5.74, 6) is 0.851. The molecule has 1 fully saturated rings. The molecule has 0 aliphatic carbocycles. The van der Waals surface area contributed by atoms with Crippen LogP contribution in [0.2, 0.25) is 0 Å². The molecule has 1 aromatic heterocycles. The van der Waals surface area contributed by atoms with Gasteiger partial charge in [-0.3, -0.25) is 4.79 Å². The number of piperidine rings is 1. The highest BCUT2D eigenvalue weighted by molar-refractivity contribution is 5.90. The van der Waals surface area contributed by atoms with E-state index >= 15 is 0 Å². The number of nitrogens with one attached hydrogen (secondary N) is 1. The largest absolute Gasteiger partial charge is 0.495 e. The molecule has 2 aliphatic heterocycles. The van der Waals surface area contributed by atoms with Gasteiger partial charge in [-0.2, -0.15) is 5.26 Å². The number of methoxy groups -OCH3 is 1. The summed E-state index contributed by atoms with van der Waals surface area (Å²) in [4.78, 5) is 20.0. The molecule has 0 atom stereocenters. The summed E-state index contributed by atoms with van der Waals surface area (Å²) in [5.41, 5.74) is 3.30. The normalized spacial score (nSPS) is 19.0. The molecule has 2 aliphatic rings. The maximum atomic E-state index is 11.9. The van der Waals surface area contributed by atoms with Gasteiger partial charge in [0.1, 0.15) is 5.75 Å². The van der Waals surface area contributed by atoms with Crippen LogP contribution in [0.3, 0.4) is 0 Å². The number of H-pyrrole nitrogens is 1. The minimum Gasteiger partial charge on any atom is -0.495 e. The number of aromatic nitrogens is 1. The van der Waals surface area contributed by atoms with Crippen molar-refractivity contribution in [3.63, 3.8) is 0 Å². The summed E-state index contributed by atoms with van der Waals surface area (Å²) in [5, 5.41) is 9.97. The summed E-state index contributed by atoms with van der Waals surface area (Å²) in [6.07, 6.45) is 5.25. The van der Waals surface area contributed by atoms with Crippen molar-refractivity contribution in [1.29, 1.82) is 5.26 Å². The number of ether oxygens (including phenoxy) is 1.